The first kappa shape index (κ1) is 19.3. The zero-order valence-electron chi connectivity index (χ0n) is 15.7. The van der Waals surface area contributed by atoms with E-state index in [1.807, 2.05) is 6.07 Å². The zero-order valence-corrected chi connectivity index (χ0v) is 15.7. The van der Waals surface area contributed by atoms with E-state index in [2.05, 4.69) is 4.98 Å². The number of carbonyl (C=O) groups is 2. The van der Waals surface area contributed by atoms with Crippen LogP contribution in [-0.4, -0.2) is 28.4 Å². The molecular weight excluding hydrogens is 360 g/mol. The van der Waals surface area contributed by atoms with Crippen LogP contribution in [0.2, 0.25) is 0 Å². The van der Waals surface area contributed by atoms with E-state index in [4.69, 9.17) is 9.47 Å². The van der Waals surface area contributed by atoms with Gasteiger partial charge in [0, 0.05) is 17.7 Å². The summed E-state index contributed by atoms with van der Waals surface area (Å²) in [6.07, 6.45) is 1.45. The van der Waals surface area contributed by atoms with Crippen molar-refractivity contribution >= 4 is 22.7 Å². The minimum Gasteiger partial charge on any atom is -0.496 e. The maximum atomic E-state index is 12.4. The Bertz CT molecular complexity index is 1090. The van der Waals surface area contributed by atoms with Gasteiger partial charge < -0.3 is 9.47 Å². The van der Waals surface area contributed by atoms with Gasteiger partial charge in [-0.1, -0.05) is 12.1 Å². The summed E-state index contributed by atoms with van der Waals surface area (Å²) in [5, 5.41) is 0.504. The van der Waals surface area contributed by atoms with E-state index in [0.29, 0.717) is 27.8 Å². The molecule has 0 N–H and O–H groups in total. The van der Waals surface area contributed by atoms with Crippen LogP contribution in [0.25, 0.3) is 10.9 Å². The number of ether oxygens (including phenoxy) is 2. The van der Waals surface area contributed by atoms with Crippen molar-refractivity contribution in [2.45, 2.75) is 26.5 Å². The van der Waals surface area contributed by atoms with Crippen LogP contribution in [0, 0.1) is 0 Å². The van der Waals surface area contributed by atoms with Crippen molar-refractivity contribution in [2.75, 3.05) is 7.11 Å². The number of nitrogens with zero attached hydrogens (tertiary/aromatic N) is 2. The Morgan fingerprint density at radius 2 is 1.93 bits per heavy atom. The number of hydrogen-bond donors (Lipinski definition) is 0. The molecule has 0 saturated heterocycles. The lowest BCUT2D eigenvalue weighted by atomic mass is 10.1. The molecule has 0 spiro atoms. The smallest absolute Gasteiger partial charge is 0.307 e. The third-order valence-electron chi connectivity index (χ3n) is 4.36. The van der Waals surface area contributed by atoms with Crippen molar-refractivity contribution in [3.8, 4) is 5.75 Å². The second-order valence-electron chi connectivity index (χ2n) is 6.25. The van der Waals surface area contributed by atoms with Gasteiger partial charge in [-0.05, 0) is 37.3 Å². The highest BCUT2D eigenvalue weighted by Gasteiger charge is 2.11. The molecule has 0 aliphatic rings. The molecule has 0 unspecified atom stereocenters. The molecule has 7 nitrogen and oxygen atoms in total. The Labute approximate surface area is 161 Å². The Morgan fingerprint density at radius 1 is 1.14 bits per heavy atom. The van der Waals surface area contributed by atoms with Gasteiger partial charge in [0.25, 0.3) is 5.56 Å². The van der Waals surface area contributed by atoms with E-state index >= 15 is 0 Å². The fourth-order valence-electron chi connectivity index (χ4n) is 2.82. The fourth-order valence-corrected chi connectivity index (χ4v) is 2.82. The van der Waals surface area contributed by atoms with Gasteiger partial charge in [-0.2, -0.15) is 0 Å². The van der Waals surface area contributed by atoms with E-state index in [-0.39, 0.29) is 30.9 Å². The predicted octanol–water partition coefficient (Wildman–Crippen LogP) is 2.74. The number of rotatable bonds is 7. The minimum atomic E-state index is -0.463. The SMILES string of the molecule is COc1ccc(C(C)=O)cc1COC(=O)CCn1cnc2ccccc2c1=O. The summed E-state index contributed by atoms with van der Waals surface area (Å²) in [6, 6.07) is 12.0. The minimum absolute atomic E-state index is 0.0198. The molecule has 3 rings (SSSR count). The average Bonchev–Trinajstić information content (AvgIpc) is 2.71. The first-order valence-electron chi connectivity index (χ1n) is 8.77. The summed E-state index contributed by atoms with van der Waals surface area (Å²) in [4.78, 5) is 40.3. The molecular formula is C21H20N2O5. The number of carbonyl (C=O) groups excluding carboxylic acids is 2. The standard InChI is InChI=1S/C21H20N2O5/c1-14(24)15-7-8-19(27-2)16(11-15)12-28-20(25)9-10-23-13-22-18-6-4-3-5-17(18)21(23)26/h3-8,11,13H,9-10,12H2,1-2H3. The largest absolute Gasteiger partial charge is 0.496 e. The van der Waals surface area contributed by atoms with Crippen LogP contribution in [0.4, 0.5) is 0 Å². The number of methoxy groups -OCH3 is 1. The Balaban J connectivity index is 1.64. The van der Waals surface area contributed by atoms with Gasteiger partial charge in [0.1, 0.15) is 12.4 Å². The number of fused-ring (bicyclic) bond motifs is 1. The maximum Gasteiger partial charge on any atom is 0.307 e. The van der Waals surface area contributed by atoms with E-state index < -0.39 is 5.97 Å². The fraction of sp³-hybridized carbons (Fsp3) is 0.238. The lowest BCUT2D eigenvalue weighted by Crippen LogP contribution is -2.22. The number of para-hydroxylation sites is 1. The molecule has 0 bridgehead atoms. The van der Waals surface area contributed by atoms with Crippen LogP contribution in [0.1, 0.15) is 29.3 Å². The highest BCUT2D eigenvalue weighted by atomic mass is 16.5. The van der Waals surface area contributed by atoms with Crippen LogP contribution in [0.15, 0.2) is 53.6 Å². The summed E-state index contributed by atoms with van der Waals surface area (Å²) in [7, 11) is 1.51. The van der Waals surface area contributed by atoms with E-state index in [1.54, 1.807) is 36.4 Å². The van der Waals surface area contributed by atoms with Crippen molar-refractivity contribution in [2.24, 2.45) is 0 Å². The van der Waals surface area contributed by atoms with Crippen molar-refractivity contribution in [1.82, 2.24) is 9.55 Å². The highest BCUT2D eigenvalue weighted by Crippen LogP contribution is 2.21. The molecule has 3 aromatic rings. The maximum absolute atomic E-state index is 12.4. The molecule has 0 saturated carbocycles. The Morgan fingerprint density at radius 3 is 2.68 bits per heavy atom. The predicted molar refractivity (Wildman–Crippen MR) is 103 cm³/mol. The summed E-state index contributed by atoms with van der Waals surface area (Å²) < 4.78 is 11.9. The molecule has 0 amide bonds. The van der Waals surface area contributed by atoms with Crippen LogP contribution in [0.3, 0.4) is 0 Å². The van der Waals surface area contributed by atoms with E-state index in [9.17, 15) is 14.4 Å². The molecule has 28 heavy (non-hydrogen) atoms. The molecule has 144 valence electrons. The number of esters is 1. The van der Waals surface area contributed by atoms with Gasteiger partial charge in [-0.15, -0.1) is 0 Å². The number of ketones is 1. The molecule has 7 heteroatoms. The second-order valence-corrected chi connectivity index (χ2v) is 6.25. The first-order valence-corrected chi connectivity index (χ1v) is 8.77. The summed E-state index contributed by atoms with van der Waals surface area (Å²) in [5.74, 6) is -0.0125. The normalized spacial score (nSPS) is 10.6. The zero-order chi connectivity index (χ0) is 20.1. The van der Waals surface area contributed by atoms with Crippen LogP contribution in [0.5, 0.6) is 5.75 Å². The van der Waals surface area contributed by atoms with E-state index in [1.165, 1.54) is 24.9 Å². The molecule has 0 radical (unpaired) electrons. The van der Waals surface area contributed by atoms with Gasteiger partial charge in [-0.25, -0.2) is 4.98 Å². The van der Waals surface area contributed by atoms with Crippen molar-refractivity contribution in [1.29, 1.82) is 0 Å². The highest BCUT2D eigenvalue weighted by molar-refractivity contribution is 5.94. The van der Waals surface area contributed by atoms with Crippen molar-refractivity contribution < 1.29 is 19.1 Å². The Kier molecular flexibility index (Phi) is 5.84. The second kappa shape index (κ2) is 8.47. The lowest BCUT2D eigenvalue weighted by molar-refractivity contribution is -0.145. The van der Waals surface area contributed by atoms with Gasteiger partial charge in [-0.3, -0.25) is 19.0 Å². The van der Waals surface area contributed by atoms with E-state index in [0.717, 1.165) is 0 Å². The van der Waals surface area contributed by atoms with Crippen molar-refractivity contribution in [3.63, 3.8) is 0 Å². The molecule has 0 aliphatic carbocycles. The summed E-state index contributed by atoms with van der Waals surface area (Å²) in [6.45, 7) is 1.61. The van der Waals surface area contributed by atoms with Crippen LogP contribution < -0.4 is 10.3 Å². The summed E-state index contributed by atoms with van der Waals surface area (Å²) >= 11 is 0. The molecule has 0 fully saturated rings. The van der Waals surface area contributed by atoms with Gasteiger partial charge in [0.05, 0.1) is 30.8 Å². The number of aryl methyl sites for hydroxylation is 1. The monoisotopic (exact) mass is 380 g/mol. The van der Waals surface area contributed by atoms with Gasteiger partial charge in [0.15, 0.2) is 5.78 Å². The Hall–Kier alpha value is -3.48. The average molecular weight is 380 g/mol. The number of Topliss-reactive ketones (excluding diaryl/α,β-unsaturated/α-hetero) is 1. The molecule has 2 aromatic carbocycles. The van der Waals surface area contributed by atoms with Gasteiger partial charge >= 0.3 is 5.97 Å². The van der Waals surface area contributed by atoms with Gasteiger partial charge in [0.2, 0.25) is 0 Å². The lowest BCUT2D eigenvalue weighted by Gasteiger charge is -2.11. The first-order chi connectivity index (χ1) is 13.5. The van der Waals surface area contributed by atoms with Crippen molar-refractivity contribution in [3.05, 3.63) is 70.3 Å². The number of benzene rings is 2. The number of hydrogen-bond acceptors (Lipinski definition) is 6. The third-order valence-corrected chi connectivity index (χ3v) is 4.36. The van der Waals surface area contributed by atoms with Crippen LogP contribution >= 0.6 is 0 Å². The molecule has 0 aliphatic heterocycles. The number of aromatic nitrogens is 2. The quantitative estimate of drug-likeness (QED) is 0.463. The molecule has 1 aromatic heterocycles. The third kappa shape index (κ3) is 4.25. The van der Waals surface area contributed by atoms with Crippen LogP contribution in [-0.2, 0) is 22.7 Å². The molecule has 0 atom stereocenters. The molecule has 1 heterocycles. The summed E-state index contributed by atoms with van der Waals surface area (Å²) in [5.41, 5.74) is 1.53. The topological polar surface area (TPSA) is 87.5 Å².